The average Bonchev–Trinajstić information content (AvgIpc) is 3.05. The number of aryl methyl sites for hydroxylation is 1. The maximum Gasteiger partial charge on any atom is 0.306 e. The van der Waals surface area contributed by atoms with Crippen molar-refractivity contribution < 1.29 is 18.7 Å². The molecule has 3 aromatic rings. The van der Waals surface area contributed by atoms with Crippen LogP contribution in [0.3, 0.4) is 0 Å². The number of esters is 1. The van der Waals surface area contributed by atoms with Crippen LogP contribution < -0.4 is 5.32 Å². The number of para-hydroxylation sites is 2. The van der Waals surface area contributed by atoms with E-state index in [1.54, 1.807) is 6.07 Å². The van der Waals surface area contributed by atoms with Crippen LogP contribution in [-0.2, 0) is 20.7 Å². The molecule has 1 amide bonds. The molecule has 0 aliphatic carbocycles. The largest absolute Gasteiger partial charge is 0.453 e. The Hall–Kier alpha value is -3.15. The first kappa shape index (κ1) is 17.7. The highest BCUT2D eigenvalue weighted by atomic mass is 19.1. The fraction of sp³-hybridized carbons (Fsp3) is 0.200. The van der Waals surface area contributed by atoms with E-state index in [-0.39, 0.29) is 12.1 Å². The second kappa shape index (κ2) is 7.82. The van der Waals surface area contributed by atoms with Crippen molar-refractivity contribution in [3.63, 3.8) is 0 Å². The van der Waals surface area contributed by atoms with Gasteiger partial charge in [-0.05, 0) is 37.1 Å². The standard InChI is InChI=1S/C20H19FN2O3/c1-13(20(25)23-18-9-5-3-7-16(18)21)26-19(24)11-10-14-12-22-17-8-4-2-6-15(14)17/h2-9,12-13,22H,10-11H2,1H3,(H,23,25)/t13-/m1/s1. The zero-order valence-electron chi connectivity index (χ0n) is 14.3. The number of aromatic nitrogens is 1. The SMILES string of the molecule is C[C@@H](OC(=O)CCc1c[nH]c2ccccc12)C(=O)Nc1ccccc1F. The van der Waals surface area contributed by atoms with Crippen LogP contribution in [0.4, 0.5) is 10.1 Å². The summed E-state index contributed by atoms with van der Waals surface area (Å²) in [4.78, 5) is 27.2. The summed E-state index contributed by atoms with van der Waals surface area (Å²) in [6, 6.07) is 13.6. The van der Waals surface area contributed by atoms with E-state index in [2.05, 4.69) is 10.3 Å². The van der Waals surface area contributed by atoms with Gasteiger partial charge in [0.15, 0.2) is 6.10 Å². The normalized spacial score (nSPS) is 11.9. The van der Waals surface area contributed by atoms with Crippen molar-refractivity contribution in [3.8, 4) is 0 Å². The van der Waals surface area contributed by atoms with Crippen LogP contribution in [0.1, 0.15) is 18.9 Å². The molecule has 5 nitrogen and oxygen atoms in total. The van der Waals surface area contributed by atoms with Crippen molar-refractivity contribution in [2.75, 3.05) is 5.32 Å². The van der Waals surface area contributed by atoms with Crippen LogP contribution in [0.25, 0.3) is 10.9 Å². The molecule has 0 saturated heterocycles. The lowest BCUT2D eigenvalue weighted by Gasteiger charge is -2.13. The Kier molecular flexibility index (Phi) is 5.31. The van der Waals surface area contributed by atoms with E-state index in [1.807, 2.05) is 30.5 Å². The molecule has 1 atom stereocenters. The summed E-state index contributed by atoms with van der Waals surface area (Å²) in [5, 5.41) is 3.47. The summed E-state index contributed by atoms with van der Waals surface area (Å²) in [7, 11) is 0. The quantitative estimate of drug-likeness (QED) is 0.661. The highest BCUT2D eigenvalue weighted by molar-refractivity contribution is 5.95. The van der Waals surface area contributed by atoms with Crippen molar-refractivity contribution in [1.29, 1.82) is 0 Å². The first-order valence-corrected chi connectivity index (χ1v) is 8.34. The van der Waals surface area contributed by atoms with Gasteiger partial charge in [0.25, 0.3) is 5.91 Å². The Balaban J connectivity index is 1.52. The number of hydrogen-bond donors (Lipinski definition) is 2. The van der Waals surface area contributed by atoms with E-state index in [4.69, 9.17) is 4.74 Å². The van der Waals surface area contributed by atoms with Crippen LogP contribution in [0, 0.1) is 5.82 Å². The Bertz CT molecular complexity index is 935. The fourth-order valence-corrected chi connectivity index (χ4v) is 2.68. The topological polar surface area (TPSA) is 71.2 Å². The van der Waals surface area contributed by atoms with Crippen LogP contribution in [0.2, 0.25) is 0 Å². The summed E-state index contributed by atoms with van der Waals surface area (Å²) in [5.41, 5.74) is 2.08. The van der Waals surface area contributed by atoms with Crippen molar-refractivity contribution in [3.05, 3.63) is 66.1 Å². The fourth-order valence-electron chi connectivity index (χ4n) is 2.68. The van der Waals surface area contributed by atoms with Crippen LogP contribution >= 0.6 is 0 Å². The zero-order chi connectivity index (χ0) is 18.5. The predicted octanol–water partition coefficient (Wildman–Crippen LogP) is 3.81. The summed E-state index contributed by atoms with van der Waals surface area (Å²) in [5.74, 6) is -1.60. The van der Waals surface area contributed by atoms with Gasteiger partial charge in [-0.2, -0.15) is 0 Å². The van der Waals surface area contributed by atoms with E-state index in [0.29, 0.717) is 6.42 Å². The van der Waals surface area contributed by atoms with Gasteiger partial charge in [0.2, 0.25) is 0 Å². The Morgan fingerprint density at radius 2 is 1.88 bits per heavy atom. The van der Waals surface area contributed by atoms with Gasteiger partial charge in [0, 0.05) is 23.5 Å². The Morgan fingerprint density at radius 3 is 2.69 bits per heavy atom. The van der Waals surface area contributed by atoms with E-state index in [0.717, 1.165) is 16.5 Å². The number of H-pyrrole nitrogens is 1. The van der Waals surface area contributed by atoms with Crippen molar-refractivity contribution in [1.82, 2.24) is 4.98 Å². The minimum Gasteiger partial charge on any atom is -0.453 e. The number of carbonyl (C=O) groups excluding carboxylic acids is 2. The molecule has 0 aliphatic rings. The number of nitrogens with one attached hydrogen (secondary N) is 2. The maximum absolute atomic E-state index is 13.6. The van der Waals surface area contributed by atoms with Gasteiger partial charge in [-0.25, -0.2) is 4.39 Å². The molecular formula is C20H19FN2O3. The number of anilines is 1. The molecule has 0 spiro atoms. The molecular weight excluding hydrogens is 335 g/mol. The molecule has 0 unspecified atom stereocenters. The van der Waals surface area contributed by atoms with E-state index < -0.39 is 23.8 Å². The van der Waals surface area contributed by atoms with Gasteiger partial charge < -0.3 is 15.0 Å². The minimum absolute atomic E-state index is 0.0548. The van der Waals surface area contributed by atoms with Gasteiger partial charge >= 0.3 is 5.97 Å². The molecule has 0 bridgehead atoms. The van der Waals surface area contributed by atoms with Crippen molar-refractivity contribution >= 4 is 28.5 Å². The minimum atomic E-state index is -1.01. The molecule has 0 radical (unpaired) electrons. The summed E-state index contributed by atoms with van der Waals surface area (Å²) in [6.07, 6.45) is 1.51. The molecule has 26 heavy (non-hydrogen) atoms. The molecule has 0 saturated carbocycles. The van der Waals surface area contributed by atoms with Crippen LogP contribution in [-0.4, -0.2) is 23.0 Å². The van der Waals surface area contributed by atoms with Gasteiger partial charge in [0.05, 0.1) is 5.69 Å². The molecule has 0 fully saturated rings. The smallest absolute Gasteiger partial charge is 0.306 e. The molecule has 134 valence electrons. The highest BCUT2D eigenvalue weighted by Gasteiger charge is 2.19. The van der Waals surface area contributed by atoms with Crippen LogP contribution in [0.5, 0.6) is 0 Å². The number of rotatable bonds is 6. The van der Waals surface area contributed by atoms with E-state index in [1.165, 1.54) is 25.1 Å². The van der Waals surface area contributed by atoms with Gasteiger partial charge in [-0.3, -0.25) is 9.59 Å². The molecule has 1 aromatic heterocycles. The predicted molar refractivity (Wildman–Crippen MR) is 97.2 cm³/mol. The molecule has 2 N–H and O–H groups in total. The molecule has 0 aliphatic heterocycles. The Morgan fingerprint density at radius 1 is 1.15 bits per heavy atom. The van der Waals surface area contributed by atoms with E-state index in [9.17, 15) is 14.0 Å². The van der Waals surface area contributed by atoms with Crippen LogP contribution in [0.15, 0.2) is 54.7 Å². The number of ether oxygens (including phenoxy) is 1. The summed E-state index contributed by atoms with van der Waals surface area (Å²) >= 11 is 0. The number of amides is 1. The Labute approximate surface area is 150 Å². The third-order valence-electron chi connectivity index (χ3n) is 4.08. The number of aromatic amines is 1. The number of hydrogen-bond acceptors (Lipinski definition) is 3. The first-order valence-electron chi connectivity index (χ1n) is 8.34. The summed E-state index contributed by atoms with van der Waals surface area (Å²) in [6.45, 7) is 1.46. The molecule has 6 heteroatoms. The second-order valence-electron chi connectivity index (χ2n) is 5.96. The third-order valence-corrected chi connectivity index (χ3v) is 4.08. The van der Waals surface area contributed by atoms with Crippen molar-refractivity contribution in [2.45, 2.75) is 25.9 Å². The van der Waals surface area contributed by atoms with Crippen molar-refractivity contribution in [2.24, 2.45) is 0 Å². The highest BCUT2D eigenvalue weighted by Crippen LogP contribution is 2.19. The van der Waals surface area contributed by atoms with Gasteiger partial charge in [-0.1, -0.05) is 30.3 Å². The lowest BCUT2D eigenvalue weighted by atomic mass is 10.1. The summed E-state index contributed by atoms with van der Waals surface area (Å²) < 4.78 is 18.7. The maximum atomic E-state index is 13.6. The van der Waals surface area contributed by atoms with Gasteiger partial charge in [0.1, 0.15) is 5.82 Å². The molecule has 1 heterocycles. The number of carbonyl (C=O) groups is 2. The molecule has 3 rings (SSSR count). The first-order chi connectivity index (χ1) is 12.5. The second-order valence-corrected chi connectivity index (χ2v) is 5.96. The lowest BCUT2D eigenvalue weighted by Crippen LogP contribution is -2.30. The third kappa shape index (κ3) is 4.08. The number of benzene rings is 2. The van der Waals surface area contributed by atoms with E-state index >= 15 is 0 Å². The zero-order valence-corrected chi connectivity index (χ0v) is 14.3. The average molecular weight is 354 g/mol. The monoisotopic (exact) mass is 354 g/mol. The lowest BCUT2D eigenvalue weighted by molar-refractivity contribution is -0.153. The molecule has 2 aromatic carbocycles. The van der Waals surface area contributed by atoms with Gasteiger partial charge in [-0.15, -0.1) is 0 Å². The number of fused-ring (bicyclic) bond motifs is 1. The number of halogens is 1.